The van der Waals surface area contributed by atoms with Gasteiger partial charge >= 0.3 is 0 Å². The largest absolute Gasteiger partial charge is 0.493 e. The van der Waals surface area contributed by atoms with Gasteiger partial charge in [0.25, 0.3) is 0 Å². The monoisotopic (exact) mass is 285 g/mol. The third-order valence-electron chi connectivity index (χ3n) is 2.71. The van der Waals surface area contributed by atoms with E-state index in [4.69, 9.17) is 34.3 Å². The molecule has 4 heteroatoms. The lowest BCUT2D eigenvalue weighted by molar-refractivity contribution is 0.304. The molecule has 18 heavy (non-hydrogen) atoms. The predicted octanol–water partition coefficient (Wildman–Crippen LogP) is 4.32. The first-order valence-electron chi connectivity index (χ1n) is 6.37. The van der Waals surface area contributed by atoms with Crippen molar-refractivity contribution in [3.8, 4) is 5.75 Å². The van der Waals surface area contributed by atoms with E-state index in [2.05, 4.69) is 6.92 Å². The number of nitrogens with two attached hydrogens (primary N) is 1. The molecule has 0 atom stereocenters. The predicted molar refractivity (Wildman–Crippen MR) is 81.6 cm³/mol. The van der Waals surface area contributed by atoms with Crippen LogP contribution in [0.15, 0.2) is 18.2 Å². The molecule has 0 aliphatic carbocycles. The van der Waals surface area contributed by atoms with E-state index in [0.29, 0.717) is 22.4 Å². The summed E-state index contributed by atoms with van der Waals surface area (Å²) in [7, 11) is 0. The molecule has 0 heterocycles. The maximum atomic E-state index is 5.94. The van der Waals surface area contributed by atoms with Crippen molar-refractivity contribution in [3.05, 3.63) is 28.8 Å². The maximum Gasteiger partial charge on any atom is 0.130 e. The van der Waals surface area contributed by atoms with Crippen molar-refractivity contribution in [3.63, 3.8) is 0 Å². The van der Waals surface area contributed by atoms with Gasteiger partial charge in [0, 0.05) is 5.02 Å². The summed E-state index contributed by atoms with van der Waals surface area (Å²) in [5.41, 5.74) is 6.40. The van der Waals surface area contributed by atoms with Gasteiger partial charge in [0.2, 0.25) is 0 Å². The molecular weight excluding hydrogens is 266 g/mol. The fourth-order valence-corrected chi connectivity index (χ4v) is 2.04. The molecule has 1 rings (SSSR count). The van der Waals surface area contributed by atoms with E-state index in [0.717, 1.165) is 12.0 Å². The summed E-state index contributed by atoms with van der Waals surface area (Å²) in [6, 6.07) is 5.34. The molecule has 2 N–H and O–H groups in total. The van der Waals surface area contributed by atoms with E-state index < -0.39 is 0 Å². The summed E-state index contributed by atoms with van der Waals surface area (Å²) in [5.74, 6) is 0.686. The first-order chi connectivity index (χ1) is 8.65. The summed E-state index contributed by atoms with van der Waals surface area (Å²) < 4.78 is 5.71. The van der Waals surface area contributed by atoms with E-state index in [9.17, 15) is 0 Å². The summed E-state index contributed by atoms with van der Waals surface area (Å²) >= 11 is 10.9. The second kappa shape index (κ2) is 8.33. The Morgan fingerprint density at radius 3 is 2.67 bits per heavy atom. The number of unbranched alkanes of at least 4 members (excludes halogenated alkanes) is 4. The van der Waals surface area contributed by atoms with Crippen molar-refractivity contribution >= 4 is 28.8 Å². The lowest BCUT2D eigenvalue weighted by atomic mass is 10.1. The van der Waals surface area contributed by atoms with Gasteiger partial charge in [-0.15, -0.1) is 0 Å². The molecule has 0 fully saturated rings. The summed E-state index contributed by atoms with van der Waals surface area (Å²) in [6.45, 7) is 2.89. The van der Waals surface area contributed by atoms with Gasteiger partial charge in [-0.3, -0.25) is 0 Å². The lowest BCUT2D eigenvalue weighted by Gasteiger charge is -2.11. The van der Waals surface area contributed by atoms with Crippen molar-refractivity contribution in [1.29, 1.82) is 0 Å². The molecule has 0 radical (unpaired) electrons. The Balaban J connectivity index is 2.45. The van der Waals surface area contributed by atoms with E-state index in [1.54, 1.807) is 18.2 Å². The first-order valence-corrected chi connectivity index (χ1v) is 7.16. The molecule has 0 aromatic heterocycles. The van der Waals surface area contributed by atoms with Crippen molar-refractivity contribution in [1.82, 2.24) is 0 Å². The fourth-order valence-electron chi connectivity index (χ4n) is 1.71. The quantitative estimate of drug-likeness (QED) is 0.570. The minimum atomic E-state index is 0.340. The third-order valence-corrected chi connectivity index (χ3v) is 3.17. The Labute approximate surface area is 119 Å². The zero-order valence-electron chi connectivity index (χ0n) is 10.7. The van der Waals surface area contributed by atoms with Crippen molar-refractivity contribution < 1.29 is 4.74 Å². The molecule has 0 unspecified atom stereocenters. The van der Waals surface area contributed by atoms with Crippen LogP contribution in [0.25, 0.3) is 0 Å². The molecule has 0 amide bonds. The standard InChI is InChI=1S/C14H20ClNOS/c1-2-3-4-5-6-9-17-13-10-11(15)7-8-12(13)14(16)18/h7-8,10H,2-6,9H2,1H3,(H2,16,18). The number of hydrogen-bond acceptors (Lipinski definition) is 2. The molecule has 1 aromatic rings. The van der Waals surface area contributed by atoms with Crippen LogP contribution < -0.4 is 10.5 Å². The average molecular weight is 286 g/mol. The van der Waals surface area contributed by atoms with Crippen LogP contribution in [0, 0.1) is 0 Å². The second-order valence-corrected chi connectivity index (χ2v) is 5.14. The molecule has 0 saturated carbocycles. The van der Waals surface area contributed by atoms with Crippen LogP contribution in [0.2, 0.25) is 5.02 Å². The zero-order chi connectivity index (χ0) is 13.4. The summed E-state index contributed by atoms with van der Waals surface area (Å²) in [6.07, 6.45) is 6.04. The van der Waals surface area contributed by atoms with Crippen molar-refractivity contribution in [2.24, 2.45) is 5.73 Å². The highest BCUT2D eigenvalue weighted by Gasteiger charge is 2.07. The molecule has 0 aliphatic rings. The smallest absolute Gasteiger partial charge is 0.130 e. The van der Waals surface area contributed by atoms with Gasteiger partial charge in [0.1, 0.15) is 10.7 Å². The second-order valence-electron chi connectivity index (χ2n) is 4.27. The molecule has 2 nitrogen and oxygen atoms in total. The zero-order valence-corrected chi connectivity index (χ0v) is 12.3. The molecule has 0 saturated heterocycles. The molecule has 0 bridgehead atoms. The Hall–Kier alpha value is -0.800. The first kappa shape index (κ1) is 15.3. The summed E-state index contributed by atoms with van der Waals surface area (Å²) in [5, 5.41) is 0.635. The minimum absolute atomic E-state index is 0.340. The highest BCUT2D eigenvalue weighted by molar-refractivity contribution is 7.80. The number of thiocarbonyl (C=S) groups is 1. The average Bonchev–Trinajstić information content (AvgIpc) is 2.33. The van der Waals surface area contributed by atoms with Gasteiger partial charge in [-0.2, -0.15) is 0 Å². The lowest BCUT2D eigenvalue weighted by Crippen LogP contribution is -2.12. The van der Waals surface area contributed by atoms with Crippen molar-refractivity contribution in [2.45, 2.75) is 39.0 Å². The Bertz CT molecular complexity index is 395. The van der Waals surface area contributed by atoms with Crippen LogP contribution in [-0.4, -0.2) is 11.6 Å². The van der Waals surface area contributed by atoms with Crippen molar-refractivity contribution in [2.75, 3.05) is 6.61 Å². The Kier molecular flexibility index (Phi) is 7.06. The number of halogens is 1. The molecular formula is C14H20ClNOS. The van der Waals surface area contributed by atoms with E-state index >= 15 is 0 Å². The van der Waals surface area contributed by atoms with Gasteiger partial charge in [0.15, 0.2) is 0 Å². The SMILES string of the molecule is CCCCCCCOc1cc(Cl)ccc1C(N)=S. The molecule has 1 aromatic carbocycles. The molecule has 0 aliphatic heterocycles. The fraction of sp³-hybridized carbons (Fsp3) is 0.500. The third kappa shape index (κ3) is 5.23. The van der Waals surface area contributed by atoms with Gasteiger partial charge in [-0.05, 0) is 24.6 Å². The topological polar surface area (TPSA) is 35.2 Å². The van der Waals surface area contributed by atoms with E-state index in [1.165, 1.54) is 25.7 Å². The van der Waals surface area contributed by atoms with Gasteiger partial charge in [0.05, 0.1) is 12.2 Å². The molecule has 0 spiro atoms. The highest BCUT2D eigenvalue weighted by Crippen LogP contribution is 2.23. The van der Waals surface area contributed by atoms with Crippen LogP contribution in [-0.2, 0) is 0 Å². The van der Waals surface area contributed by atoms with E-state index in [1.807, 2.05) is 0 Å². The van der Waals surface area contributed by atoms with Crippen LogP contribution in [0.1, 0.15) is 44.6 Å². The Morgan fingerprint density at radius 2 is 2.00 bits per heavy atom. The van der Waals surface area contributed by atoms with Crippen LogP contribution >= 0.6 is 23.8 Å². The summed E-state index contributed by atoms with van der Waals surface area (Å²) in [4.78, 5) is 0.340. The van der Waals surface area contributed by atoms with Gasteiger partial charge in [-0.25, -0.2) is 0 Å². The number of ether oxygens (including phenoxy) is 1. The maximum absolute atomic E-state index is 5.94. The Morgan fingerprint density at radius 1 is 1.28 bits per heavy atom. The minimum Gasteiger partial charge on any atom is -0.493 e. The van der Waals surface area contributed by atoms with Gasteiger partial charge in [-0.1, -0.05) is 56.4 Å². The highest BCUT2D eigenvalue weighted by atomic mass is 35.5. The number of rotatable bonds is 8. The van der Waals surface area contributed by atoms with Gasteiger partial charge < -0.3 is 10.5 Å². The normalized spacial score (nSPS) is 10.3. The van der Waals surface area contributed by atoms with Crippen LogP contribution in [0.3, 0.4) is 0 Å². The van der Waals surface area contributed by atoms with E-state index in [-0.39, 0.29) is 0 Å². The van der Waals surface area contributed by atoms with Crippen LogP contribution in [0.4, 0.5) is 0 Å². The van der Waals surface area contributed by atoms with Crippen LogP contribution in [0.5, 0.6) is 5.75 Å². The number of hydrogen-bond donors (Lipinski definition) is 1. The molecule has 100 valence electrons. The number of benzene rings is 1.